The summed E-state index contributed by atoms with van der Waals surface area (Å²) in [6.07, 6.45) is 3.62. The molecule has 0 aliphatic heterocycles. The van der Waals surface area contributed by atoms with Gasteiger partial charge in [-0.2, -0.15) is 18.2 Å². The molecule has 0 N–H and O–H groups in total. The Morgan fingerprint density at radius 1 is 0.600 bits per heavy atom. The van der Waals surface area contributed by atoms with Gasteiger partial charge < -0.3 is 8.98 Å². The normalized spacial score (nSPS) is 11.2. The zero-order valence-corrected chi connectivity index (χ0v) is 21.7. The molecule has 0 aliphatic carbocycles. The number of furan rings is 1. The molecule has 0 bridgehead atoms. The molecule has 1 radical (unpaired) electrons. The number of hydrogen-bond acceptors (Lipinski definition) is 1. The number of fused-ring (bicyclic) bond motifs is 4. The molecule has 0 saturated carbocycles. The van der Waals surface area contributed by atoms with Crippen molar-refractivity contribution in [1.29, 1.82) is 0 Å². The van der Waals surface area contributed by atoms with Gasteiger partial charge in [0.25, 0.3) is 0 Å². The number of hydrogen-bond donors (Lipinski definition) is 0. The van der Waals surface area contributed by atoms with Gasteiger partial charge in [-0.25, -0.2) is 0 Å². The molecule has 0 spiro atoms. The third kappa shape index (κ3) is 3.65. The summed E-state index contributed by atoms with van der Waals surface area (Å²) in [5, 5.41) is 3.43. The van der Waals surface area contributed by atoms with Gasteiger partial charge in [-0.1, -0.05) is 113 Å². The number of rotatable bonds is 3. The molecule has 5 aromatic carbocycles. The van der Waals surface area contributed by atoms with Crippen LogP contribution in [0.15, 0.2) is 120 Å². The summed E-state index contributed by atoms with van der Waals surface area (Å²) in [7, 11) is 0. The Balaban J connectivity index is 0.00000229. The maximum Gasteiger partial charge on any atom is 0.134 e. The Kier molecular flexibility index (Phi) is 5.64. The SMILES string of the molecule is [Y].[c-]1c(-c2cccc3c2oc2ccccc23)cccc1-n1[c-]c(-c2ccccc2)c2ccccc21. The molecular weight excluding hydrogens is 503 g/mol. The fourth-order valence-corrected chi connectivity index (χ4v) is 4.83. The van der Waals surface area contributed by atoms with Crippen molar-refractivity contribution in [1.82, 2.24) is 4.57 Å². The molecule has 0 atom stereocenters. The van der Waals surface area contributed by atoms with Crippen LogP contribution in [0.5, 0.6) is 0 Å². The Morgan fingerprint density at radius 3 is 2.20 bits per heavy atom. The standard InChI is InChI=1S/C32H19NO.Y/c1-2-10-22(11-3-1)29-21-33(30-18-6-4-14-26(29)30)24-13-8-12-23(20-24)25-16-9-17-28-27-15-5-7-19-31(27)34-32(25)28;/h1-19H;/q-2;. The molecule has 0 saturated heterocycles. The van der Waals surface area contributed by atoms with E-state index in [4.69, 9.17) is 4.42 Å². The van der Waals surface area contributed by atoms with Gasteiger partial charge in [0, 0.05) is 43.5 Å². The minimum atomic E-state index is 0. The zero-order valence-electron chi connectivity index (χ0n) is 18.9. The van der Waals surface area contributed by atoms with E-state index in [1.165, 1.54) is 5.39 Å². The molecule has 3 heteroatoms. The molecule has 2 heterocycles. The largest absolute Gasteiger partial charge is 0.465 e. The van der Waals surface area contributed by atoms with Crippen LogP contribution in [0.4, 0.5) is 0 Å². The summed E-state index contributed by atoms with van der Waals surface area (Å²) >= 11 is 0. The van der Waals surface area contributed by atoms with Crippen LogP contribution in [0, 0.1) is 12.3 Å². The van der Waals surface area contributed by atoms with E-state index < -0.39 is 0 Å². The van der Waals surface area contributed by atoms with Crippen LogP contribution >= 0.6 is 0 Å². The average Bonchev–Trinajstić information content (AvgIpc) is 3.48. The second kappa shape index (κ2) is 8.96. The smallest absolute Gasteiger partial charge is 0.134 e. The van der Waals surface area contributed by atoms with Crippen molar-refractivity contribution in [2.24, 2.45) is 0 Å². The van der Waals surface area contributed by atoms with Crippen molar-refractivity contribution in [2.45, 2.75) is 0 Å². The van der Waals surface area contributed by atoms with E-state index in [1.807, 2.05) is 24.3 Å². The van der Waals surface area contributed by atoms with E-state index in [0.717, 1.165) is 55.4 Å². The molecule has 0 unspecified atom stereocenters. The van der Waals surface area contributed by atoms with Crippen molar-refractivity contribution >= 4 is 32.8 Å². The van der Waals surface area contributed by atoms with E-state index in [1.54, 1.807) is 0 Å². The van der Waals surface area contributed by atoms with Crippen molar-refractivity contribution in [3.8, 4) is 27.9 Å². The first-order valence-electron chi connectivity index (χ1n) is 11.4. The summed E-state index contributed by atoms with van der Waals surface area (Å²) in [5.41, 5.74) is 8.13. The van der Waals surface area contributed by atoms with Crippen molar-refractivity contribution in [3.63, 3.8) is 0 Å². The maximum atomic E-state index is 6.28. The quantitative estimate of drug-likeness (QED) is 0.213. The summed E-state index contributed by atoms with van der Waals surface area (Å²) in [6.45, 7) is 0. The van der Waals surface area contributed by atoms with Gasteiger partial charge in [-0.15, -0.1) is 17.3 Å². The van der Waals surface area contributed by atoms with Crippen LogP contribution in [0.3, 0.4) is 0 Å². The minimum absolute atomic E-state index is 0. The Hall–Kier alpha value is -3.46. The molecular formula is C32H19NOY-2. The molecule has 2 aromatic heterocycles. The topological polar surface area (TPSA) is 18.1 Å². The number of benzene rings is 5. The molecule has 0 aliphatic rings. The van der Waals surface area contributed by atoms with Crippen LogP contribution in [-0.2, 0) is 32.7 Å². The Bertz CT molecular complexity index is 1810. The first-order valence-corrected chi connectivity index (χ1v) is 11.4. The van der Waals surface area contributed by atoms with Gasteiger partial charge in [-0.05, 0) is 17.8 Å². The molecule has 163 valence electrons. The molecule has 35 heavy (non-hydrogen) atoms. The molecule has 0 amide bonds. The monoisotopic (exact) mass is 522 g/mol. The maximum absolute atomic E-state index is 6.28. The molecule has 7 rings (SSSR count). The number of aromatic nitrogens is 1. The zero-order chi connectivity index (χ0) is 22.5. The van der Waals surface area contributed by atoms with Gasteiger partial charge in [-0.3, -0.25) is 0 Å². The molecule has 0 fully saturated rings. The first kappa shape index (κ1) is 22.0. The predicted octanol–water partition coefficient (Wildman–Crippen LogP) is 8.46. The van der Waals surface area contributed by atoms with E-state index in [0.29, 0.717) is 0 Å². The van der Waals surface area contributed by atoms with Crippen molar-refractivity contribution in [3.05, 3.63) is 128 Å². The van der Waals surface area contributed by atoms with Crippen LogP contribution in [-0.4, -0.2) is 4.57 Å². The van der Waals surface area contributed by atoms with Crippen molar-refractivity contribution < 1.29 is 37.1 Å². The van der Waals surface area contributed by atoms with Crippen LogP contribution < -0.4 is 0 Å². The average molecular weight is 522 g/mol. The third-order valence-corrected chi connectivity index (χ3v) is 6.42. The third-order valence-electron chi connectivity index (χ3n) is 6.42. The van der Waals surface area contributed by atoms with Gasteiger partial charge in [0.2, 0.25) is 0 Å². The summed E-state index contributed by atoms with van der Waals surface area (Å²) in [5.74, 6) is 0. The number of para-hydroxylation sites is 3. The second-order valence-corrected chi connectivity index (χ2v) is 8.44. The second-order valence-electron chi connectivity index (χ2n) is 8.44. The van der Waals surface area contributed by atoms with Gasteiger partial charge in [0.1, 0.15) is 11.2 Å². The van der Waals surface area contributed by atoms with Gasteiger partial charge >= 0.3 is 0 Å². The summed E-state index contributed by atoms with van der Waals surface area (Å²) < 4.78 is 8.39. The first-order chi connectivity index (χ1) is 16.9. The van der Waals surface area contributed by atoms with E-state index in [2.05, 4.69) is 108 Å². The van der Waals surface area contributed by atoms with E-state index in [-0.39, 0.29) is 32.7 Å². The fourth-order valence-electron chi connectivity index (χ4n) is 4.83. The predicted molar refractivity (Wildman–Crippen MR) is 139 cm³/mol. The van der Waals surface area contributed by atoms with Crippen LogP contribution in [0.1, 0.15) is 0 Å². The Labute approximate surface area is 228 Å². The molecule has 7 aromatic rings. The summed E-state index contributed by atoms with van der Waals surface area (Å²) in [4.78, 5) is 0. The van der Waals surface area contributed by atoms with Crippen LogP contribution in [0.2, 0.25) is 0 Å². The van der Waals surface area contributed by atoms with Crippen molar-refractivity contribution in [2.75, 3.05) is 0 Å². The fraction of sp³-hybridized carbons (Fsp3) is 0. The summed E-state index contributed by atoms with van der Waals surface area (Å²) in [6, 6.07) is 43.3. The van der Waals surface area contributed by atoms with Crippen LogP contribution in [0.25, 0.3) is 60.8 Å². The number of nitrogens with zero attached hydrogens (tertiary/aromatic N) is 1. The van der Waals surface area contributed by atoms with Gasteiger partial charge in [0.05, 0.1) is 0 Å². The Morgan fingerprint density at radius 2 is 1.31 bits per heavy atom. The molecule has 2 nitrogen and oxygen atoms in total. The van der Waals surface area contributed by atoms with Gasteiger partial charge in [0.15, 0.2) is 0 Å². The minimum Gasteiger partial charge on any atom is -0.465 e. The van der Waals surface area contributed by atoms with E-state index >= 15 is 0 Å². The van der Waals surface area contributed by atoms with E-state index in [9.17, 15) is 0 Å².